The molecule has 1 nitrogen and oxygen atoms in total. The molecule has 2 rings (SSSR count). The van der Waals surface area contributed by atoms with Gasteiger partial charge >= 0.3 is 0 Å². The second-order valence-electron chi connectivity index (χ2n) is 5.39. The Morgan fingerprint density at radius 1 is 1.24 bits per heavy atom. The van der Waals surface area contributed by atoms with Crippen molar-refractivity contribution in [1.82, 2.24) is 5.32 Å². The van der Waals surface area contributed by atoms with E-state index in [2.05, 4.69) is 17.4 Å². The summed E-state index contributed by atoms with van der Waals surface area (Å²) in [5, 5.41) is 3.27. The van der Waals surface area contributed by atoms with E-state index in [-0.39, 0.29) is 6.04 Å². The largest absolute Gasteiger partial charge is 0.380 e. The van der Waals surface area contributed by atoms with Crippen molar-refractivity contribution in [1.29, 1.82) is 0 Å². The average Bonchev–Trinajstić information content (AvgIpc) is 2.39. The molecule has 1 aliphatic heterocycles. The zero-order chi connectivity index (χ0) is 14.1. The number of allylic oxidation sites excluding steroid dienone is 2. The van der Waals surface area contributed by atoms with Crippen molar-refractivity contribution >= 4 is 0 Å². The Kier molecular flexibility index (Phi) is 2.68. The summed E-state index contributed by atoms with van der Waals surface area (Å²) in [4.78, 5) is 0. The molecule has 0 bridgehead atoms. The maximum Gasteiger partial charge on any atom is 0.0695 e. The van der Waals surface area contributed by atoms with E-state index in [1.54, 1.807) is 0 Å². The molecule has 1 unspecified atom stereocenters. The number of hydrogen-bond acceptors (Lipinski definition) is 1. The number of rotatable bonds is 2. The van der Waals surface area contributed by atoms with Gasteiger partial charge in [-0.1, -0.05) is 63.3 Å². The van der Waals surface area contributed by atoms with Crippen molar-refractivity contribution in [2.24, 2.45) is 5.41 Å². The van der Waals surface area contributed by atoms with E-state index in [0.717, 1.165) is 0 Å². The Hall–Kier alpha value is -1.50. The number of hydrogen-bond donors (Lipinski definition) is 1. The van der Waals surface area contributed by atoms with Crippen LogP contribution in [0.25, 0.3) is 0 Å². The highest BCUT2D eigenvalue weighted by molar-refractivity contribution is 5.31. The van der Waals surface area contributed by atoms with Gasteiger partial charge in [-0.3, -0.25) is 0 Å². The van der Waals surface area contributed by atoms with Gasteiger partial charge in [-0.2, -0.15) is 0 Å². The monoisotopic (exact) mass is 229 g/mol. The average molecular weight is 229 g/mol. The second-order valence-corrected chi connectivity index (χ2v) is 5.39. The lowest BCUT2D eigenvalue weighted by atomic mass is 9.87. The highest BCUT2D eigenvalue weighted by atomic mass is 14.9. The van der Waals surface area contributed by atoms with Gasteiger partial charge in [-0.05, 0) is 22.9 Å². The number of dihydropyridines is 1. The minimum absolute atomic E-state index is 0.126. The van der Waals surface area contributed by atoms with Crippen LogP contribution >= 0.6 is 0 Å². The van der Waals surface area contributed by atoms with Gasteiger partial charge < -0.3 is 5.32 Å². The zero-order valence-electron chi connectivity index (χ0n) is 12.7. The summed E-state index contributed by atoms with van der Waals surface area (Å²) in [7, 11) is 0. The van der Waals surface area contributed by atoms with E-state index in [1.807, 2.05) is 57.3 Å². The van der Waals surface area contributed by atoms with Crippen LogP contribution < -0.4 is 5.32 Å². The van der Waals surface area contributed by atoms with E-state index in [1.165, 1.54) is 5.56 Å². The molecule has 0 spiro atoms. The normalized spacial score (nSPS) is 22.3. The van der Waals surface area contributed by atoms with Crippen molar-refractivity contribution in [2.75, 3.05) is 0 Å². The Labute approximate surface area is 107 Å². The van der Waals surface area contributed by atoms with Gasteiger partial charge in [0.1, 0.15) is 0 Å². The Morgan fingerprint density at radius 3 is 2.47 bits per heavy atom. The van der Waals surface area contributed by atoms with Gasteiger partial charge in [0, 0.05) is 8.94 Å². The lowest BCUT2D eigenvalue weighted by molar-refractivity contribution is 0.411. The van der Waals surface area contributed by atoms with Crippen LogP contribution in [0.5, 0.6) is 0 Å². The van der Waals surface area contributed by atoms with E-state index < -0.39 is 11.8 Å². The van der Waals surface area contributed by atoms with Crippen molar-refractivity contribution in [2.45, 2.75) is 33.2 Å². The third-order valence-corrected chi connectivity index (χ3v) is 2.56. The third kappa shape index (κ3) is 3.48. The predicted molar refractivity (Wildman–Crippen MR) is 73.6 cm³/mol. The summed E-state index contributed by atoms with van der Waals surface area (Å²) >= 11 is 0. The zero-order valence-corrected chi connectivity index (χ0v) is 10.7. The first-order valence-corrected chi connectivity index (χ1v) is 6.02. The lowest BCUT2D eigenvalue weighted by Crippen LogP contribution is -2.18. The molecule has 1 heteroatoms. The minimum Gasteiger partial charge on any atom is -0.380 e. The summed E-state index contributed by atoms with van der Waals surface area (Å²) in [6.45, 7) is 5.76. The van der Waals surface area contributed by atoms with E-state index in [9.17, 15) is 0 Å². The van der Waals surface area contributed by atoms with Crippen molar-refractivity contribution in [3.63, 3.8) is 0 Å². The molecule has 1 atom stereocenters. The molecule has 1 aromatic rings. The molecular formula is C16H21N. The Morgan fingerprint density at radius 2 is 1.94 bits per heavy atom. The molecule has 0 radical (unpaired) electrons. The maximum atomic E-state index is 8.25. The minimum atomic E-state index is -1.35. The van der Waals surface area contributed by atoms with Crippen LogP contribution in [0.15, 0.2) is 54.3 Å². The highest BCUT2D eigenvalue weighted by Crippen LogP contribution is 2.27. The van der Waals surface area contributed by atoms with Gasteiger partial charge in [-0.15, -0.1) is 0 Å². The van der Waals surface area contributed by atoms with E-state index in [0.29, 0.717) is 5.57 Å². The van der Waals surface area contributed by atoms with Gasteiger partial charge in [-0.25, -0.2) is 0 Å². The highest BCUT2D eigenvalue weighted by Gasteiger charge is 2.15. The van der Waals surface area contributed by atoms with Crippen LogP contribution in [0.3, 0.4) is 0 Å². The fourth-order valence-corrected chi connectivity index (χ4v) is 1.86. The van der Waals surface area contributed by atoms with Gasteiger partial charge in [0.2, 0.25) is 0 Å². The molecule has 0 aromatic heterocycles. The van der Waals surface area contributed by atoms with Crippen molar-refractivity contribution < 1.29 is 2.74 Å². The quantitative estimate of drug-likeness (QED) is 0.801. The first-order valence-electron chi connectivity index (χ1n) is 7.02. The van der Waals surface area contributed by atoms with Crippen LogP contribution in [0.1, 0.15) is 41.5 Å². The smallest absolute Gasteiger partial charge is 0.0695 e. The van der Waals surface area contributed by atoms with Crippen molar-refractivity contribution in [3.05, 3.63) is 59.8 Å². The first-order chi connectivity index (χ1) is 8.82. The Balaban J connectivity index is 2.16. The molecule has 1 N–H and O–H groups in total. The molecule has 1 heterocycles. The third-order valence-electron chi connectivity index (χ3n) is 2.56. The summed E-state index contributed by atoms with van der Waals surface area (Å²) < 4.78 is 16.5. The maximum absolute atomic E-state index is 8.25. The van der Waals surface area contributed by atoms with Gasteiger partial charge in [0.25, 0.3) is 0 Å². The standard InChI is InChI=1S/C16H21N/c1-16(2,3)11-13-9-10-15(17-12-13)14-7-5-4-6-8-14/h4-10,12,15,17H,11H2,1-3H3/i11D2. The van der Waals surface area contributed by atoms with Crippen LogP contribution in [0.4, 0.5) is 0 Å². The second kappa shape index (κ2) is 4.79. The lowest BCUT2D eigenvalue weighted by Gasteiger charge is -2.23. The molecule has 1 aliphatic rings. The molecule has 0 saturated carbocycles. The number of nitrogens with one attached hydrogen (secondary N) is 1. The molecule has 17 heavy (non-hydrogen) atoms. The molecule has 0 amide bonds. The fraction of sp³-hybridized carbons (Fsp3) is 0.375. The van der Waals surface area contributed by atoms with Crippen LogP contribution in [-0.4, -0.2) is 0 Å². The molecule has 90 valence electrons. The topological polar surface area (TPSA) is 12.0 Å². The molecule has 0 saturated heterocycles. The number of benzene rings is 1. The SMILES string of the molecule is [2H]C([2H])(C1=CNC(c2ccccc2)C=C1)C(C)(C)C. The van der Waals surface area contributed by atoms with Gasteiger partial charge in [0.15, 0.2) is 0 Å². The van der Waals surface area contributed by atoms with Crippen LogP contribution in [0, 0.1) is 5.41 Å². The van der Waals surface area contributed by atoms with Crippen LogP contribution in [-0.2, 0) is 0 Å². The summed E-state index contributed by atoms with van der Waals surface area (Å²) in [5.74, 6) is 0. The molecule has 0 aliphatic carbocycles. The van der Waals surface area contributed by atoms with E-state index >= 15 is 0 Å². The van der Waals surface area contributed by atoms with Gasteiger partial charge in [0.05, 0.1) is 6.04 Å². The van der Waals surface area contributed by atoms with E-state index in [4.69, 9.17) is 2.74 Å². The summed E-state index contributed by atoms with van der Waals surface area (Å²) in [6, 6.07) is 10.3. The predicted octanol–water partition coefficient (Wildman–Crippen LogP) is 4.21. The van der Waals surface area contributed by atoms with Crippen LogP contribution in [0.2, 0.25) is 0 Å². The summed E-state index contributed by atoms with van der Waals surface area (Å²) in [5.41, 5.74) is 1.46. The fourth-order valence-electron chi connectivity index (χ4n) is 1.86. The first kappa shape index (κ1) is 9.52. The Bertz CT molecular complexity index is 495. The van der Waals surface area contributed by atoms with Crippen molar-refractivity contribution in [3.8, 4) is 0 Å². The molecule has 0 fully saturated rings. The molecule has 1 aromatic carbocycles. The molecular weight excluding hydrogens is 206 g/mol. The summed E-state index contributed by atoms with van der Waals surface area (Å²) in [6.07, 6.45) is 4.38.